The Morgan fingerprint density at radius 2 is 1.17 bits per heavy atom. The van der Waals surface area contributed by atoms with Gasteiger partial charge in [0.05, 0.1) is 47.0 Å². The second-order valence-corrected chi connectivity index (χ2v) is 12.8. The molecule has 0 aliphatic carbocycles. The number of nitro benzene ring substituents is 1. The molecule has 0 saturated carbocycles. The number of nitrogens with zero attached hydrogens (tertiary/aromatic N) is 1. The van der Waals surface area contributed by atoms with Crippen LogP contribution < -0.4 is 10.5 Å². The van der Waals surface area contributed by atoms with E-state index in [0.717, 1.165) is 76.0 Å². The molecule has 0 radical (unpaired) electrons. The zero-order valence-electron chi connectivity index (χ0n) is 30.3. The van der Waals surface area contributed by atoms with Crippen molar-refractivity contribution in [1.82, 2.24) is 0 Å². The van der Waals surface area contributed by atoms with E-state index in [9.17, 15) is 34.4 Å². The van der Waals surface area contributed by atoms with Gasteiger partial charge in [-0.2, -0.15) is 0 Å². The van der Waals surface area contributed by atoms with Crippen molar-refractivity contribution in [2.75, 3.05) is 25.6 Å². The number of nitrogen functional groups attached to an aromatic ring is 1. The highest BCUT2D eigenvalue weighted by Gasteiger charge is 2.21. The van der Waals surface area contributed by atoms with Crippen molar-refractivity contribution < 1.29 is 48.5 Å². The molecule has 286 valence electrons. The zero-order valence-corrected chi connectivity index (χ0v) is 30.3. The van der Waals surface area contributed by atoms with E-state index in [1.54, 1.807) is 24.3 Å². The number of aromatic carboxylic acids is 2. The molecule has 3 aromatic rings. The summed E-state index contributed by atoms with van der Waals surface area (Å²) in [5.41, 5.74) is 7.11. The van der Waals surface area contributed by atoms with Crippen LogP contribution in [0.2, 0.25) is 0 Å². The van der Waals surface area contributed by atoms with Crippen molar-refractivity contribution in [2.24, 2.45) is 0 Å². The van der Waals surface area contributed by atoms with Gasteiger partial charge in [0.15, 0.2) is 5.75 Å². The van der Waals surface area contributed by atoms with Gasteiger partial charge in [0.1, 0.15) is 0 Å². The summed E-state index contributed by atoms with van der Waals surface area (Å²) in [6, 6.07) is 12.7. The molecule has 0 unspecified atom stereocenters. The molecule has 0 aliphatic heterocycles. The van der Waals surface area contributed by atoms with Gasteiger partial charge >= 0.3 is 29.6 Å². The number of carbonyl (C=O) groups excluding carboxylic acids is 2. The molecule has 13 nitrogen and oxygen atoms in total. The fourth-order valence-corrected chi connectivity index (χ4v) is 5.73. The van der Waals surface area contributed by atoms with Crippen LogP contribution in [-0.2, 0) is 9.47 Å². The molecule has 4 N–H and O–H groups in total. The van der Waals surface area contributed by atoms with Gasteiger partial charge < -0.3 is 30.2 Å². The number of rotatable bonds is 25. The van der Waals surface area contributed by atoms with E-state index >= 15 is 0 Å². The van der Waals surface area contributed by atoms with Gasteiger partial charge in [0.2, 0.25) is 0 Å². The van der Waals surface area contributed by atoms with Crippen molar-refractivity contribution in [1.29, 1.82) is 0 Å². The molecule has 13 heteroatoms. The lowest BCUT2D eigenvalue weighted by Gasteiger charge is -2.12. The lowest BCUT2D eigenvalue weighted by atomic mass is 10.0. The quantitative estimate of drug-likeness (QED) is 0.0245. The first-order chi connectivity index (χ1) is 25.5. The van der Waals surface area contributed by atoms with Crippen LogP contribution in [0, 0.1) is 10.1 Å². The van der Waals surface area contributed by atoms with Crippen LogP contribution in [0.5, 0.6) is 5.75 Å². The molecular formula is C40H50N2O11. The Kier molecular flexibility index (Phi) is 17.8. The lowest BCUT2D eigenvalue weighted by molar-refractivity contribution is -0.385. The second kappa shape index (κ2) is 22.5. The number of nitrogens with two attached hydrogens (primary N) is 1. The predicted octanol–water partition coefficient (Wildman–Crippen LogP) is 9.11. The molecule has 3 aromatic carbocycles. The van der Waals surface area contributed by atoms with Crippen molar-refractivity contribution in [3.63, 3.8) is 0 Å². The number of esters is 2. The predicted molar refractivity (Wildman–Crippen MR) is 200 cm³/mol. The van der Waals surface area contributed by atoms with E-state index in [2.05, 4.69) is 6.92 Å². The summed E-state index contributed by atoms with van der Waals surface area (Å²) in [4.78, 5) is 58.8. The fourth-order valence-electron chi connectivity index (χ4n) is 5.73. The van der Waals surface area contributed by atoms with Crippen molar-refractivity contribution in [3.8, 4) is 16.9 Å². The standard InChI is InChI=1S/C40H50N2O11/c1-2-3-4-5-10-13-22-51-36-27-34(41)32(26-35(36)42(49)50)28-16-18-29(19-17-28)39(47)52-23-14-11-8-6-7-9-12-15-24-53-40(48)33-25-30(37(43)44)20-21-31(33)38(45)46/h16-21,25-27H,2-15,22-24,41H2,1H3,(H,43,44)(H,45,46). The van der Waals surface area contributed by atoms with E-state index in [1.807, 2.05) is 0 Å². The van der Waals surface area contributed by atoms with Crippen molar-refractivity contribution in [3.05, 3.63) is 87.0 Å². The normalized spacial score (nSPS) is 10.8. The SMILES string of the molecule is CCCCCCCCOc1cc(N)c(-c2ccc(C(=O)OCCCCCCCCCCOC(=O)c3cc(C(=O)O)ccc3C(=O)O)cc2)cc1[N+](=O)[O-]. The maximum Gasteiger partial charge on any atom is 0.339 e. The molecule has 0 aliphatic rings. The molecule has 0 fully saturated rings. The summed E-state index contributed by atoms with van der Waals surface area (Å²) in [6.45, 7) is 2.92. The van der Waals surface area contributed by atoms with Crippen LogP contribution in [0.25, 0.3) is 11.1 Å². The minimum atomic E-state index is -1.34. The highest BCUT2D eigenvalue weighted by molar-refractivity contribution is 6.04. The number of hydrogen-bond donors (Lipinski definition) is 3. The first kappa shape index (κ1) is 42.0. The van der Waals surface area contributed by atoms with Crippen LogP contribution in [0.15, 0.2) is 54.6 Å². The zero-order chi connectivity index (χ0) is 38.6. The van der Waals surface area contributed by atoms with Gasteiger partial charge in [-0.25, -0.2) is 19.2 Å². The van der Waals surface area contributed by atoms with Crippen molar-refractivity contribution >= 4 is 35.3 Å². The number of ether oxygens (including phenoxy) is 3. The van der Waals surface area contributed by atoms with Crippen LogP contribution in [0.3, 0.4) is 0 Å². The average Bonchev–Trinajstić information content (AvgIpc) is 3.14. The minimum absolute atomic E-state index is 0.0990. The Labute approximate surface area is 309 Å². The van der Waals surface area contributed by atoms with E-state index in [4.69, 9.17) is 25.1 Å². The topological polar surface area (TPSA) is 206 Å². The molecule has 0 heterocycles. The Balaban J connectivity index is 1.31. The molecular weight excluding hydrogens is 684 g/mol. The summed E-state index contributed by atoms with van der Waals surface area (Å²) < 4.78 is 16.3. The van der Waals surface area contributed by atoms with E-state index < -0.39 is 28.8 Å². The van der Waals surface area contributed by atoms with E-state index in [-0.39, 0.29) is 41.3 Å². The Morgan fingerprint density at radius 1 is 0.642 bits per heavy atom. The number of carboxylic acids is 2. The molecule has 0 saturated heterocycles. The summed E-state index contributed by atoms with van der Waals surface area (Å²) in [5.74, 6) is -3.79. The maximum absolute atomic E-state index is 12.6. The molecule has 0 bridgehead atoms. The summed E-state index contributed by atoms with van der Waals surface area (Å²) in [5, 5.41) is 30.2. The number of hydrogen-bond acceptors (Lipinski definition) is 10. The number of anilines is 1. The number of nitro groups is 1. The fraction of sp³-hybridized carbons (Fsp3) is 0.450. The van der Waals surface area contributed by atoms with E-state index in [1.165, 1.54) is 31.4 Å². The monoisotopic (exact) mass is 734 g/mol. The smallest absolute Gasteiger partial charge is 0.339 e. The highest BCUT2D eigenvalue weighted by Crippen LogP contribution is 2.37. The Morgan fingerprint density at radius 3 is 1.72 bits per heavy atom. The Bertz CT molecular complexity index is 1690. The molecule has 0 atom stereocenters. The maximum atomic E-state index is 12.6. The first-order valence-electron chi connectivity index (χ1n) is 18.3. The van der Waals surface area contributed by atoms with Crippen LogP contribution >= 0.6 is 0 Å². The van der Waals surface area contributed by atoms with Gasteiger partial charge in [-0.15, -0.1) is 0 Å². The molecule has 0 aromatic heterocycles. The first-order valence-corrected chi connectivity index (χ1v) is 18.3. The number of carboxylic acid groups (broad SMARTS) is 2. The van der Waals surface area contributed by atoms with E-state index in [0.29, 0.717) is 41.8 Å². The number of unbranched alkanes of at least 4 members (excludes halogenated alkanes) is 12. The van der Waals surface area contributed by atoms with Gasteiger partial charge in [0, 0.05) is 23.4 Å². The van der Waals surface area contributed by atoms with Crippen LogP contribution in [0.4, 0.5) is 11.4 Å². The van der Waals surface area contributed by atoms with Gasteiger partial charge in [-0.3, -0.25) is 10.1 Å². The largest absolute Gasteiger partial charge is 0.487 e. The van der Waals surface area contributed by atoms with Gasteiger partial charge in [-0.1, -0.05) is 89.7 Å². The number of benzene rings is 3. The molecule has 0 spiro atoms. The summed E-state index contributed by atoms with van der Waals surface area (Å²) >= 11 is 0. The minimum Gasteiger partial charge on any atom is -0.487 e. The van der Waals surface area contributed by atoms with Crippen molar-refractivity contribution in [2.45, 2.75) is 96.8 Å². The third-order valence-corrected chi connectivity index (χ3v) is 8.74. The highest BCUT2D eigenvalue weighted by atomic mass is 16.6. The molecule has 3 rings (SSSR count). The number of carbonyl (C=O) groups is 4. The summed E-state index contributed by atoms with van der Waals surface area (Å²) in [6.07, 6.45) is 13.3. The third-order valence-electron chi connectivity index (χ3n) is 8.74. The lowest BCUT2D eigenvalue weighted by Crippen LogP contribution is -2.14. The van der Waals surface area contributed by atoms with Crippen LogP contribution in [0.1, 0.15) is 138 Å². The van der Waals surface area contributed by atoms with Crippen LogP contribution in [-0.4, -0.2) is 58.8 Å². The average molecular weight is 735 g/mol. The summed E-state index contributed by atoms with van der Waals surface area (Å²) in [7, 11) is 0. The Hall–Kier alpha value is -5.46. The molecule has 53 heavy (non-hydrogen) atoms. The van der Waals surface area contributed by atoms with Gasteiger partial charge in [-0.05, 0) is 55.2 Å². The second-order valence-electron chi connectivity index (χ2n) is 12.8. The molecule has 0 amide bonds. The van der Waals surface area contributed by atoms with Gasteiger partial charge in [0.25, 0.3) is 0 Å². The third kappa shape index (κ3) is 13.9.